The molecule has 3 aromatic rings. The number of nitrogens with zero attached hydrogens (tertiary/aromatic N) is 2. The Balaban J connectivity index is 1.49. The predicted molar refractivity (Wildman–Crippen MR) is 109 cm³/mol. The molecule has 1 aliphatic rings. The normalized spacial score (nSPS) is 15.9. The summed E-state index contributed by atoms with van der Waals surface area (Å²) in [5, 5.41) is 0. The molecule has 9 heteroatoms. The third-order valence-corrected chi connectivity index (χ3v) is 6.18. The van der Waals surface area contributed by atoms with E-state index in [1.165, 1.54) is 24.3 Å². The lowest BCUT2D eigenvalue weighted by Gasteiger charge is -2.18. The van der Waals surface area contributed by atoms with Crippen LogP contribution in [0.4, 0.5) is 0 Å². The van der Waals surface area contributed by atoms with Crippen LogP contribution in [-0.2, 0) is 19.4 Å². The first-order valence-corrected chi connectivity index (χ1v) is 10.4. The Morgan fingerprint density at radius 2 is 1.73 bits per heavy atom. The third kappa shape index (κ3) is 3.96. The Labute approximate surface area is 172 Å². The molecular weight excluding hydrogens is 406 g/mol. The van der Waals surface area contributed by atoms with E-state index in [1.54, 1.807) is 36.8 Å². The average molecular weight is 423 g/mol. The summed E-state index contributed by atoms with van der Waals surface area (Å²) in [6.07, 6.45) is 8.88. The lowest BCUT2D eigenvalue weighted by Crippen LogP contribution is -2.25. The van der Waals surface area contributed by atoms with E-state index < -0.39 is 21.2 Å². The Kier molecular flexibility index (Phi) is 5.11. The van der Waals surface area contributed by atoms with Crippen LogP contribution in [-0.4, -0.2) is 29.3 Å². The average Bonchev–Trinajstić information content (AvgIpc) is 3.30. The molecule has 2 heterocycles. The quantitative estimate of drug-likeness (QED) is 0.652. The van der Waals surface area contributed by atoms with Crippen LogP contribution in [0.1, 0.15) is 0 Å². The number of sulfone groups is 1. The molecule has 1 aromatic heterocycles. The second-order valence-corrected chi connectivity index (χ2v) is 8.40. The van der Waals surface area contributed by atoms with Gasteiger partial charge >= 0.3 is 0 Å². The topological polar surface area (TPSA) is 114 Å². The van der Waals surface area contributed by atoms with E-state index in [2.05, 4.69) is 4.98 Å². The van der Waals surface area contributed by atoms with Crippen LogP contribution in [0.3, 0.4) is 0 Å². The standard InChI is InChI=1S/C21H17N3O5S/c22-21(25)15-9-12-28-20(13-15)30(26,27)19-7-5-18(6-8-19)29-17-3-1-16(2-4-17)24-11-10-23-14-24/h1-14,20H,(H2,22,25). The van der Waals surface area contributed by atoms with E-state index in [1.807, 2.05) is 22.9 Å². The lowest BCUT2D eigenvalue weighted by molar-refractivity contribution is -0.114. The van der Waals surface area contributed by atoms with E-state index >= 15 is 0 Å². The van der Waals surface area contributed by atoms with Crippen molar-refractivity contribution in [3.63, 3.8) is 0 Å². The van der Waals surface area contributed by atoms with Gasteiger partial charge in [-0.1, -0.05) is 0 Å². The number of hydrogen-bond donors (Lipinski definition) is 1. The van der Waals surface area contributed by atoms with Crippen LogP contribution in [0.25, 0.3) is 5.69 Å². The number of ether oxygens (including phenoxy) is 2. The zero-order valence-electron chi connectivity index (χ0n) is 15.6. The summed E-state index contributed by atoms with van der Waals surface area (Å²) in [7, 11) is -3.87. The molecule has 0 spiro atoms. The molecule has 4 rings (SSSR count). The zero-order valence-corrected chi connectivity index (χ0v) is 16.4. The first-order chi connectivity index (χ1) is 14.4. The van der Waals surface area contributed by atoms with Crippen molar-refractivity contribution in [1.82, 2.24) is 9.55 Å². The van der Waals surface area contributed by atoms with Crippen molar-refractivity contribution in [1.29, 1.82) is 0 Å². The van der Waals surface area contributed by atoms with Gasteiger partial charge in [0.15, 0.2) is 0 Å². The molecule has 0 aliphatic carbocycles. The molecule has 0 fully saturated rings. The molecule has 1 atom stereocenters. The van der Waals surface area contributed by atoms with Gasteiger partial charge in [-0.2, -0.15) is 0 Å². The number of imidazole rings is 1. The van der Waals surface area contributed by atoms with Gasteiger partial charge in [-0.05, 0) is 60.7 Å². The molecule has 8 nitrogen and oxygen atoms in total. The molecule has 1 unspecified atom stereocenters. The van der Waals surface area contributed by atoms with Gasteiger partial charge in [0.1, 0.15) is 11.5 Å². The molecule has 2 aromatic carbocycles. The number of primary amides is 1. The number of amides is 1. The minimum atomic E-state index is -3.87. The van der Waals surface area contributed by atoms with Gasteiger partial charge in [-0.3, -0.25) is 4.79 Å². The Hall–Kier alpha value is -3.85. The van der Waals surface area contributed by atoms with Gasteiger partial charge in [0, 0.05) is 23.7 Å². The lowest BCUT2D eigenvalue weighted by atomic mass is 10.2. The molecule has 0 saturated heterocycles. The first kappa shape index (κ1) is 19.5. The van der Waals surface area contributed by atoms with Crippen molar-refractivity contribution in [2.45, 2.75) is 10.3 Å². The predicted octanol–water partition coefficient (Wildman–Crippen LogP) is 2.72. The summed E-state index contributed by atoms with van der Waals surface area (Å²) in [5.74, 6) is 0.351. The monoisotopic (exact) mass is 423 g/mol. The highest BCUT2D eigenvalue weighted by Crippen LogP contribution is 2.27. The fourth-order valence-electron chi connectivity index (χ4n) is 2.82. The van der Waals surface area contributed by atoms with Crippen LogP contribution in [0.2, 0.25) is 0 Å². The smallest absolute Gasteiger partial charge is 0.248 e. The molecule has 0 radical (unpaired) electrons. The number of aromatic nitrogens is 2. The number of carbonyl (C=O) groups excluding carboxylic acids is 1. The second-order valence-electron chi connectivity index (χ2n) is 6.38. The maximum Gasteiger partial charge on any atom is 0.248 e. The summed E-state index contributed by atoms with van der Waals surface area (Å²) < 4.78 is 38.3. The zero-order chi connectivity index (χ0) is 21.1. The maximum atomic E-state index is 12.8. The van der Waals surface area contributed by atoms with E-state index in [4.69, 9.17) is 15.2 Å². The highest BCUT2D eigenvalue weighted by molar-refractivity contribution is 7.92. The van der Waals surface area contributed by atoms with Gasteiger partial charge < -0.3 is 19.8 Å². The molecule has 1 aliphatic heterocycles. The van der Waals surface area contributed by atoms with Crippen molar-refractivity contribution in [3.8, 4) is 17.2 Å². The van der Waals surface area contributed by atoms with Crippen LogP contribution in [0.15, 0.2) is 96.1 Å². The van der Waals surface area contributed by atoms with Gasteiger partial charge in [0.05, 0.1) is 17.5 Å². The number of benzene rings is 2. The highest BCUT2D eigenvalue weighted by atomic mass is 32.2. The van der Waals surface area contributed by atoms with Gasteiger partial charge in [-0.15, -0.1) is 0 Å². The van der Waals surface area contributed by atoms with Crippen LogP contribution in [0.5, 0.6) is 11.5 Å². The molecule has 2 N–H and O–H groups in total. The summed E-state index contributed by atoms with van der Waals surface area (Å²) in [6, 6.07) is 13.3. The molecule has 0 saturated carbocycles. The third-order valence-electron chi connectivity index (χ3n) is 4.39. The highest BCUT2D eigenvalue weighted by Gasteiger charge is 2.29. The van der Waals surface area contributed by atoms with Crippen molar-refractivity contribution in [2.24, 2.45) is 5.73 Å². The fraction of sp³-hybridized carbons (Fsp3) is 0.0476. The number of nitrogens with two attached hydrogens (primary N) is 1. The molecule has 1 amide bonds. The van der Waals surface area contributed by atoms with Gasteiger partial charge in [0.25, 0.3) is 0 Å². The number of hydrogen-bond acceptors (Lipinski definition) is 6. The summed E-state index contributed by atoms with van der Waals surface area (Å²) >= 11 is 0. The van der Waals surface area contributed by atoms with Crippen LogP contribution in [0, 0.1) is 0 Å². The summed E-state index contributed by atoms with van der Waals surface area (Å²) in [6.45, 7) is 0. The van der Waals surface area contributed by atoms with Crippen molar-refractivity contribution in [3.05, 3.63) is 91.2 Å². The van der Waals surface area contributed by atoms with E-state index in [0.29, 0.717) is 11.5 Å². The minimum Gasteiger partial charge on any atom is -0.478 e. The Morgan fingerprint density at radius 1 is 1.07 bits per heavy atom. The van der Waals surface area contributed by atoms with E-state index in [-0.39, 0.29) is 10.5 Å². The van der Waals surface area contributed by atoms with E-state index in [0.717, 1.165) is 11.9 Å². The first-order valence-electron chi connectivity index (χ1n) is 8.87. The second kappa shape index (κ2) is 7.88. The van der Waals surface area contributed by atoms with E-state index in [9.17, 15) is 13.2 Å². The van der Waals surface area contributed by atoms with Crippen LogP contribution < -0.4 is 10.5 Å². The van der Waals surface area contributed by atoms with Gasteiger partial charge in [0.2, 0.25) is 21.2 Å². The van der Waals surface area contributed by atoms with Gasteiger partial charge in [-0.25, -0.2) is 13.4 Å². The molecule has 0 bridgehead atoms. The van der Waals surface area contributed by atoms with Crippen molar-refractivity contribution < 1.29 is 22.7 Å². The molecule has 30 heavy (non-hydrogen) atoms. The molecule has 152 valence electrons. The summed E-state index contributed by atoms with van der Waals surface area (Å²) in [5.41, 5.74) is 4.90. The Bertz CT molecular complexity index is 1210. The Morgan fingerprint density at radius 3 is 2.33 bits per heavy atom. The minimum absolute atomic E-state index is 0.0330. The van der Waals surface area contributed by atoms with Crippen LogP contribution >= 0.6 is 0 Å². The number of carbonyl (C=O) groups is 1. The van der Waals surface area contributed by atoms with Crippen molar-refractivity contribution in [2.75, 3.05) is 0 Å². The largest absolute Gasteiger partial charge is 0.478 e. The molecular formula is C21H17N3O5S. The number of rotatable bonds is 6. The van der Waals surface area contributed by atoms with Crippen molar-refractivity contribution >= 4 is 15.7 Å². The maximum absolute atomic E-state index is 12.8. The SMILES string of the molecule is NC(=O)C1=CC(S(=O)(=O)c2ccc(Oc3ccc(-n4ccnc4)cc3)cc2)OC=C1. The summed E-state index contributed by atoms with van der Waals surface area (Å²) in [4.78, 5) is 15.3. The fourth-order valence-corrected chi connectivity index (χ4v) is 4.14.